The third-order valence-corrected chi connectivity index (χ3v) is 5.24. The van der Waals surface area contributed by atoms with Crippen molar-refractivity contribution in [2.24, 2.45) is 10.9 Å². The van der Waals surface area contributed by atoms with Gasteiger partial charge in [0.2, 0.25) is 0 Å². The average Bonchev–Trinajstić information content (AvgIpc) is 3.44. The molecule has 0 aromatic heterocycles. The fraction of sp³-hybridized carbons (Fsp3) is 0.667. The zero-order chi connectivity index (χ0) is 19.8. The van der Waals surface area contributed by atoms with E-state index in [1.807, 2.05) is 13.1 Å². The van der Waals surface area contributed by atoms with Crippen LogP contribution in [0.1, 0.15) is 24.8 Å². The lowest BCUT2D eigenvalue weighted by Crippen LogP contribution is -2.45. The van der Waals surface area contributed by atoms with Gasteiger partial charge in [0.05, 0.1) is 20.8 Å². The summed E-state index contributed by atoms with van der Waals surface area (Å²) >= 11 is 0. The van der Waals surface area contributed by atoms with Crippen LogP contribution in [0.15, 0.2) is 23.2 Å². The lowest BCUT2D eigenvalue weighted by Gasteiger charge is -2.19. The maximum absolute atomic E-state index is 5.67. The van der Waals surface area contributed by atoms with Gasteiger partial charge in [-0.25, -0.2) is 0 Å². The molecule has 1 heterocycles. The molecule has 2 fully saturated rings. The SMILES string of the molecule is CN=C(NCCOCC1CC1)NC1CCN(Cc2cc(OC)cc(OC)c2)C1. The van der Waals surface area contributed by atoms with Gasteiger partial charge in [0.25, 0.3) is 0 Å². The van der Waals surface area contributed by atoms with Crippen molar-refractivity contribution in [2.45, 2.75) is 31.8 Å². The Bertz CT molecular complexity index is 626. The third-order valence-electron chi connectivity index (χ3n) is 5.24. The summed E-state index contributed by atoms with van der Waals surface area (Å²) in [7, 11) is 5.18. The number of benzene rings is 1. The lowest BCUT2D eigenvalue weighted by atomic mass is 10.2. The van der Waals surface area contributed by atoms with E-state index in [2.05, 4.69) is 32.7 Å². The van der Waals surface area contributed by atoms with E-state index in [1.54, 1.807) is 14.2 Å². The summed E-state index contributed by atoms with van der Waals surface area (Å²) < 4.78 is 16.4. The van der Waals surface area contributed by atoms with Crippen molar-refractivity contribution in [2.75, 3.05) is 54.1 Å². The minimum Gasteiger partial charge on any atom is -0.497 e. The molecule has 7 heteroatoms. The van der Waals surface area contributed by atoms with Crippen molar-refractivity contribution in [1.82, 2.24) is 15.5 Å². The quantitative estimate of drug-likeness (QED) is 0.361. The van der Waals surface area contributed by atoms with Crippen LogP contribution in [-0.4, -0.2) is 71.0 Å². The van der Waals surface area contributed by atoms with Crippen LogP contribution in [-0.2, 0) is 11.3 Å². The molecule has 2 N–H and O–H groups in total. The fourth-order valence-electron chi connectivity index (χ4n) is 3.47. The van der Waals surface area contributed by atoms with E-state index in [0.29, 0.717) is 6.04 Å². The van der Waals surface area contributed by atoms with Crippen LogP contribution in [0.25, 0.3) is 0 Å². The average molecular weight is 391 g/mol. The molecule has 1 aliphatic carbocycles. The van der Waals surface area contributed by atoms with Crippen molar-refractivity contribution in [1.29, 1.82) is 0 Å². The first-order valence-corrected chi connectivity index (χ1v) is 10.2. The van der Waals surface area contributed by atoms with E-state index in [1.165, 1.54) is 18.4 Å². The summed E-state index contributed by atoms with van der Waals surface area (Å²) in [4.78, 5) is 6.78. The molecule has 2 aliphatic rings. The second-order valence-corrected chi connectivity index (χ2v) is 7.60. The van der Waals surface area contributed by atoms with Gasteiger partial charge in [-0.15, -0.1) is 0 Å². The molecule has 1 unspecified atom stereocenters. The van der Waals surface area contributed by atoms with Crippen molar-refractivity contribution in [3.8, 4) is 11.5 Å². The predicted molar refractivity (Wildman–Crippen MR) is 111 cm³/mol. The first-order chi connectivity index (χ1) is 13.7. The molecule has 0 radical (unpaired) electrons. The normalized spacial score (nSPS) is 20.2. The largest absolute Gasteiger partial charge is 0.497 e. The van der Waals surface area contributed by atoms with E-state index < -0.39 is 0 Å². The van der Waals surface area contributed by atoms with Gasteiger partial charge >= 0.3 is 0 Å². The Morgan fingerprint density at radius 2 is 1.89 bits per heavy atom. The Kier molecular flexibility index (Phi) is 7.80. The Labute approximate surface area is 168 Å². The smallest absolute Gasteiger partial charge is 0.191 e. The number of rotatable bonds is 10. The second-order valence-electron chi connectivity index (χ2n) is 7.60. The van der Waals surface area contributed by atoms with Crippen molar-refractivity contribution in [3.05, 3.63) is 23.8 Å². The van der Waals surface area contributed by atoms with Crippen LogP contribution < -0.4 is 20.1 Å². The summed E-state index contributed by atoms with van der Waals surface area (Å²) in [6.07, 6.45) is 3.76. The van der Waals surface area contributed by atoms with Gasteiger partial charge in [-0.3, -0.25) is 9.89 Å². The number of methoxy groups -OCH3 is 2. The summed E-state index contributed by atoms with van der Waals surface area (Å²) in [5.74, 6) is 3.32. The molecule has 1 aliphatic heterocycles. The van der Waals surface area contributed by atoms with Gasteiger partial charge in [-0.2, -0.15) is 0 Å². The maximum Gasteiger partial charge on any atom is 0.191 e. The highest BCUT2D eigenvalue weighted by atomic mass is 16.5. The number of hydrogen-bond acceptors (Lipinski definition) is 5. The summed E-state index contributed by atoms with van der Waals surface area (Å²) in [5, 5.41) is 6.88. The molecule has 1 saturated carbocycles. The highest BCUT2D eigenvalue weighted by molar-refractivity contribution is 5.80. The number of guanidine groups is 1. The van der Waals surface area contributed by atoms with E-state index in [9.17, 15) is 0 Å². The van der Waals surface area contributed by atoms with Crippen LogP contribution in [0.2, 0.25) is 0 Å². The third kappa shape index (κ3) is 6.56. The van der Waals surface area contributed by atoms with Gasteiger partial charge in [0.15, 0.2) is 5.96 Å². The number of hydrogen-bond donors (Lipinski definition) is 2. The number of nitrogens with zero attached hydrogens (tertiary/aromatic N) is 2. The number of nitrogens with one attached hydrogen (secondary N) is 2. The van der Waals surface area contributed by atoms with Gasteiger partial charge in [0.1, 0.15) is 11.5 Å². The first kappa shape index (κ1) is 20.7. The van der Waals surface area contributed by atoms with Gasteiger partial charge < -0.3 is 24.8 Å². The highest BCUT2D eigenvalue weighted by Gasteiger charge is 2.24. The van der Waals surface area contributed by atoms with Crippen molar-refractivity contribution < 1.29 is 14.2 Å². The molecule has 0 amide bonds. The first-order valence-electron chi connectivity index (χ1n) is 10.2. The summed E-state index contributed by atoms with van der Waals surface area (Å²) in [5.41, 5.74) is 1.20. The monoisotopic (exact) mass is 390 g/mol. The maximum atomic E-state index is 5.67. The molecule has 28 heavy (non-hydrogen) atoms. The molecule has 7 nitrogen and oxygen atoms in total. The molecule has 156 valence electrons. The Balaban J connectivity index is 1.40. The zero-order valence-corrected chi connectivity index (χ0v) is 17.4. The molecule has 1 aromatic rings. The Hall–Kier alpha value is -1.99. The van der Waals surface area contributed by atoms with Crippen molar-refractivity contribution in [3.63, 3.8) is 0 Å². The highest BCUT2D eigenvalue weighted by Crippen LogP contribution is 2.28. The van der Waals surface area contributed by atoms with Gasteiger partial charge in [0, 0.05) is 51.9 Å². The second kappa shape index (κ2) is 10.5. The van der Waals surface area contributed by atoms with Crippen LogP contribution >= 0.6 is 0 Å². The van der Waals surface area contributed by atoms with Gasteiger partial charge in [-0.05, 0) is 42.9 Å². The molecule has 1 aromatic carbocycles. The molecule has 0 bridgehead atoms. The van der Waals surface area contributed by atoms with Crippen LogP contribution in [0.5, 0.6) is 11.5 Å². The van der Waals surface area contributed by atoms with E-state index in [0.717, 1.165) is 69.2 Å². The zero-order valence-electron chi connectivity index (χ0n) is 17.4. The standard InChI is InChI=1S/C21H34N4O3/c1-22-21(23-7-9-28-15-16-4-5-16)24-18-6-8-25(14-18)13-17-10-19(26-2)12-20(11-17)27-3/h10-12,16,18H,4-9,13-15H2,1-3H3,(H2,22,23,24). The molecule has 0 spiro atoms. The predicted octanol–water partition coefficient (Wildman–Crippen LogP) is 1.87. The number of aliphatic imine (C=N–C) groups is 1. The van der Waals surface area contributed by atoms with Crippen LogP contribution in [0, 0.1) is 5.92 Å². The fourth-order valence-corrected chi connectivity index (χ4v) is 3.47. The van der Waals surface area contributed by atoms with Gasteiger partial charge in [-0.1, -0.05) is 0 Å². The minimum atomic E-state index is 0.395. The van der Waals surface area contributed by atoms with Crippen LogP contribution in [0.3, 0.4) is 0 Å². The molecule has 1 saturated heterocycles. The molecule has 1 atom stereocenters. The van der Waals surface area contributed by atoms with Crippen molar-refractivity contribution >= 4 is 5.96 Å². The number of likely N-dealkylation sites (tertiary alicyclic amines) is 1. The lowest BCUT2D eigenvalue weighted by molar-refractivity contribution is 0.129. The minimum absolute atomic E-state index is 0.395. The van der Waals surface area contributed by atoms with Crippen LogP contribution in [0.4, 0.5) is 0 Å². The Morgan fingerprint density at radius 1 is 1.14 bits per heavy atom. The summed E-state index contributed by atoms with van der Waals surface area (Å²) in [6.45, 7) is 5.34. The molecular weight excluding hydrogens is 356 g/mol. The van der Waals surface area contributed by atoms with E-state index >= 15 is 0 Å². The molecule has 3 rings (SSSR count). The Morgan fingerprint density at radius 3 is 2.54 bits per heavy atom. The molecular formula is C21H34N4O3. The van der Waals surface area contributed by atoms with E-state index in [4.69, 9.17) is 14.2 Å². The topological polar surface area (TPSA) is 67.4 Å². The van der Waals surface area contributed by atoms with E-state index in [-0.39, 0.29) is 0 Å². The number of ether oxygens (including phenoxy) is 3. The summed E-state index contributed by atoms with van der Waals surface area (Å²) in [6, 6.07) is 6.45.